The molecule has 0 heterocycles. The number of hydrogen-bond donors (Lipinski definition) is 1. The first kappa shape index (κ1) is 9.00. The van der Waals surface area contributed by atoms with E-state index in [0.29, 0.717) is 5.56 Å². The number of carbonyl (C=O) groups is 1. The number of aliphatic hydroxyl groups is 1. The predicted octanol–water partition coefficient (Wildman–Crippen LogP) is 2.70. The predicted molar refractivity (Wildman–Crippen MR) is 50.2 cm³/mol. The van der Waals surface area contributed by atoms with Gasteiger partial charge in [0.05, 0.1) is 6.26 Å². The molecule has 0 saturated heterocycles. The largest absolute Gasteiger partial charge is 0.515 e. The Morgan fingerprint density at radius 3 is 2.83 bits per heavy atom. The second-order valence-electron chi connectivity index (χ2n) is 2.19. The van der Waals surface area contributed by atoms with Gasteiger partial charge in [-0.05, 0) is 12.1 Å². The van der Waals surface area contributed by atoms with Crippen LogP contribution in [0.15, 0.2) is 41.1 Å². The van der Waals surface area contributed by atoms with Crippen molar-refractivity contribution < 1.29 is 9.90 Å². The summed E-state index contributed by atoms with van der Waals surface area (Å²) in [6.45, 7) is 0. The highest BCUT2D eigenvalue weighted by Gasteiger charge is 2.00. The van der Waals surface area contributed by atoms with Gasteiger partial charge in [0.15, 0.2) is 5.78 Å². The molecular weight excluding hydrogens is 220 g/mol. The Balaban J connectivity index is 2.96. The number of ketones is 1. The minimum absolute atomic E-state index is 0.209. The molecule has 0 unspecified atom stereocenters. The van der Waals surface area contributed by atoms with Crippen molar-refractivity contribution in [3.05, 3.63) is 46.6 Å². The van der Waals surface area contributed by atoms with E-state index < -0.39 is 0 Å². The molecule has 3 heteroatoms. The van der Waals surface area contributed by atoms with E-state index in [9.17, 15) is 4.79 Å². The lowest BCUT2D eigenvalue weighted by atomic mass is 10.1. The maximum absolute atomic E-state index is 11.1. The van der Waals surface area contributed by atoms with E-state index in [1.165, 1.54) is 0 Å². The van der Waals surface area contributed by atoms with Crippen molar-refractivity contribution in [2.24, 2.45) is 0 Å². The third kappa shape index (κ3) is 2.20. The zero-order valence-electron chi connectivity index (χ0n) is 6.20. The van der Waals surface area contributed by atoms with Crippen molar-refractivity contribution in [2.45, 2.75) is 0 Å². The average molecular weight is 227 g/mol. The first-order valence-corrected chi connectivity index (χ1v) is 4.14. The van der Waals surface area contributed by atoms with Crippen LogP contribution in [0.2, 0.25) is 0 Å². The van der Waals surface area contributed by atoms with Gasteiger partial charge in [-0.25, -0.2) is 0 Å². The van der Waals surface area contributed by atoms with Crippen LogP contribution in [0, 0.1) is 0 Å². The molecule has 1 rings (SSSR count). The van der Waals surface area contributed by atoms with Gasteiger partial charge in [-0.1, -0.05) is 28.1 Å². The van der Waals surface area contributed by atoms with Gasteiger partial charge < -0.3 is 5.11 Å². The van der Waals surface area contributed by atoms with Crippen LogP contribution in [0.3, 0.4) is 0 Å². The van der Waals surface area contributed by atoms with E-state index in [1.54, 1.807) is 18.2 Å². The fourth-order valence-electron chi connectivity index (χ4n) is 0.806. The molecule has 0 aliphatic carbocycles. The molecule has 0 fully saturated rings. The Labute approximate surface area is 78.7 Å². The molecule has 62 valence electrons. The molecular formula is C9H7BrO2. The molecule has 0 bridgehead atoms. The maximum Gasteiger partial charge on any atom is 0.188 e. The van der Waals surface area contributed by atoms with Crippen LogP contribution in [-0.4, -0.2) is 10.9 Å². The van der Waals surface area contributed by atoms with Gasteiger partial charge in [0.25, 0.3) is 0 Å². The van der Waals surface area contributed by atoms with Gasteiger partial charge in [-0.3, -0.25) is 4.79 Å². The van der Waals surface area contributed by atoms with Gasteiger partial charge in [0.1, 0.15) is 0 Å². The minimum atomic E-state index is -0.209. The van der Waals surface area contributed by atoms with Crippen LogP contribution in [0.5, 0.6) is 0 Å². The summed E-state index contributed by atoms with van der Waals surface area (Å²) in [5, 5.41) is 8.35. The van der Waals surface area contributed by atoms with Crippen molar-refractivity contribution in [1.29, 1.82) is 0 Å². The summed E-state index contributed by atoms with van der Waals surface area (Å²) in [4.78, 5) is 11.1. The molecule has 0 saturated carbocycles. The van der Waals surface area contributed by atoms with Crippen molar-refractivity contribution in [3.63, 3.8) is 0 Å². The van der Waals surface area contributed by atoms with Gasteiger partial charge >= 0.3 is 0 Å². The summed E-state index contributed by atoms with van der Waals surface area (Å²) >= 11 is 3.24. The average Bonchev–Trinajstić information content (AvgIpc) is 2.05. The summed E-state index contributed by atoms with van der Waals surface area (Å²) in [6.07, 6.45) is 1.85. The Morgan fingerprint density at radius 2 is 2.25 bits per heavy atom. The fraction of sp³-hybridized carbons (Fsp3) is 0. The van der Waals surface area contributed by atoms with Crippen molar-refractivity contribution in [3.8, 4) is 0 Å². The Hall–Kier alpha value is -1.09. The smallest absolute Gasteiger partial charge is 0.188 e. The summed E-state index contributed by atoms with van der Waals surface area (Å²) in [5.41, 5.74) is 0.551. The van der Waals surface area contributed by atoms with Crippen molar-refractivity contribution >= 4 is 21.7 Å². The lowest BCUT2D eigenvalue weighted by Gasteiger charge is -1.94. The van der Waals surface area contributed by atoms with Gasteiger partial charge in [0.2, 0.25) is 0 Å². The molecule has 1 aromatic rings. The number of carbonyl (C=O) groups excluding carboxylic acids is 1. The molecule has 1 aromatic carbocycles. The summed E-state index contributed by atoms with van der Waals surface area (Å²) in [7, 11) is 0. The SMILES string of the molecule is O=C(/C=C/O)c1cccc(Br)c1. The van der Waals surface area contributed by atoms with Gasteiger partial charge in [-0.15, -0.1) is 0 Å². The van der Waals surface area contributed by atoms with Crippen LogP contribution < -0.4 is 0 Å². The lowest BCUT2D eigenvalue weighted by molar-refractivity contribution is 0.104. The van der Waals surface area contributed by atoms with Crippen LogP contribution in [0.4, 0.5) is 0 Å². The summed E-state index contributed by atoms with van der Waals surface area (Å²) in [6, 6.07) is 6.98. The van der Waals surface area contributed by atoms with E-state index >= 15 is 0 Å². The second-order valence-corrected chi connectivity index (χ2v) is 3.11. The van der Waals surface area contributed by atoms with Crippen LogP contribution in [0.25, 0.3) is 0 Å². The fourth-order valence-corrected chi connectivity index (χ4v) is 1.20. The number of hydrogen-bond acceptors (Lipinski definition) is 2. The second kappa shape index (κ2) is 4.07. The highest BCUT2D eigenvalue weighted by Crippen LogP contribution is 2.12. The van der Waals surface area contributed by atoms with Crippen LogP contribution in [-0.2, 0) is 0 Å². The van der Waals surface area contributed by atoms with E-state index in [-0.39, 0.29) is 5.78 Å². The first-order chi connectivity index (χ1) is 5.74. The van der Waals surface area contributed by atoms with Crippen molar-refractivity contribution in [1.82, 2.24) is 0 Å². The molecule has 1 N–H and O–H groups in total. The number of allylic oxidation sites excluding steroid dienone is 1. The highest BCUT2D eigenvalue weighted by molar-refractivity contribution is 9.10. The normalized spacial score (nSPS) is 10.4. The van der Waals surface area contributed by atoms with E-state index in [2.05, 4.69) is 15.9 Å². The molecule has 0 spiro atoms. The minimum Gasteiger partial charge on any atom is -0.515 e. The van der Waals surface area contributed by atoms with Crippen LogP contribution in [0.1, 0.15) is 10.4 Å². The molecule has 2 nitrogen and oxygen atoms in total. The highest BCUT2D eigenvalue weighted by atomic mass is 79.9. The van der Waals surface area contributed by atoms with Gasteiger partial charge in [-0.2, -0.15) is 0 Å². The Kier molecular flexibility index (Phi) is 3.05. The number of benzene rings is 1. The quantitative estimate of drug-likeness (QED) is 0.479. The molecule has 0 atom stereocenters. The molecule has 0 aliphatic rings. The number of rotatable bonds is 2. The summed E-state index contributed by atoms with van der Waals surface area (Å²) in [5.74, 6) is -0.209. The van der Waals surface area contributed by atoms with Crippen LogP contribution >= 0.6 is 15.9 Å². The molecule has 12 heavy (non-hydrogen) atoms. The monoisotopic (exact) mass is 226 g/mol. The third-order valence-corrected chi connectivity index (χ3v) is 1.83. The third-order valence-electron chi connectivity index (χ3n) is 1.34. The number of halogens is 1. The molecule has 0 radical (unpaired) electrons. The molecule has 0 amide bonds. The Bertz CT molecular complexity index is 318. The van der Waals surface area contributed by atoms with E-state index in [4.69, 9.17) is 5.11 Å². The van der Waals surface area contributed by atoms with E-state index in [0.717, 1.165) is 16.8 Å². The topological polar surface area (TPSA) is 37.3 Å². The molecule has 0 aliphatic heterocycles. The van der Waals surface area contributed by atoms with Crippen molar-refractivity contribution in [2.75, 3.05) is 0 Å². The first-order valence-electron chi connectivity index (χ1n) is 3.34. The lowest BCUT2D eigenvalue weighted by Crippen LogP contribution is -1.93. The van der Waals surface area contributed by atoms with Gasteiger partial charge in [0, 0.05) is 16.1 Å². The zero-order chi connectivity index (χ0) is 8.97. The van der Waals surface area contributed by atoms with E-state index in [1.807, 2.05) is 6.07 Å². The maximum atomic E-state index is 11.1. The zero-order valence-corrected chi connectivity index (χ0v) is 7.78. The Morgan fingerprint density at radius 1 is 1.50 bits per heavy atom. The number of aliphatic hydroxyl groups excluding tert-OH is 1. The molecule has 0 aromatic heterocycles. The standard InChI is InChI=1S/C9H7BrO2/c10-8-3-1-2-7(6-8)9(12)4-5-11/h1-6,11H/b5-4+. The summed E-state index contributed by atoms with van der Waals surface area (Å²) < 4.78 is 0.847.